The second kappa shape index (κ2) is 10.1. The van der Waals surface area contributed by atoms with Crippen LogP contribution in [0.15, 0.2) is 0 Å². The fourth-order valence-electron chi connectivity index (χ4n) is 0.469. The van der Waals surface area contributed by atoms with Gasteiger partial charge in [-0.1, -0.05) is 0 Å². The van der Waals surface area contributed by atoms with Crippen LogP contribution in [0.2, 0.25) is 0 Å². The third-order valence-corrected chi connectivity index (χ3v) is 2.18. The summed E-state index contributed by atoms with van der Waals surface area (Å²) in [6.45, 7) is 5.84. The van der Waals surface area contributed by atoms with E-state index in [9.17, 15) is 18.9 Å². The summed E-state index contributed by atoms with van der Waals surface area (Å²) in [7, 11) is -6.83. The van der Waals surface area contributed by atoms with Gasteiger partial charge in [0.1, 0.15) is 15.2 Å². The molecule has 15 heavy (non-hydrogen) atoms. The molecule has 0 aliphatic heterocycles. The van der Waals surface area contributed by atoms with Crippen LogP contribution in [0.4, 0.5) is 0 Å². The van der Waals surface area contributed by atoms with Crippen molar-refractivity contribution in [2.24, 2.45) is 0 Å². The first-order valence-corrected chi connectivity index (χ1v) is 7.96. The Bertz CT molecular complexity index is 198. The molecule has 0 heterocycles. The SMILES string of the molecule is CCOP(C)(=O)[O-].CCOP(C)(=O)[O-].[Zn+2]. The zero-order chi connectivity index (χ0) is 11.8. The van der Waals surface area contributed by atoms with E-state index in [-0.39, 0.29) is 32.7 Å². The first-order valence-electron chi connectivity index (χ1n) is 3.98. The second-order valence-corrected chi connectivity index (χ2v) is 5.98. The molecule has 0 aliphatic rings. The molecular weight excluding hydrogens is 295 g/mol. The quantitative estimate of drug-likeness (QED) is 0.551. The molecule has 0 rings (SSSR count). The second-order valence-electron chi connectivity index (χ2n) is 2.38. The molecule has 0 saturated heterocycles. The Balaban J connectivity index is -0.000000180. The molecule has 0 radical (unpaired) electrons. The van der Waals surface area contributed by atoms with Crippen LogP contribution in [0.3, 0.4) is 0 Å². The van der Waals surface area contributed by atoms with Gasteiger partial charge in [-0.05, 0) is 13.8 Å². The Morgan fingerprint density at radius 3 is 1.13 bits per heavy atom. The van der Waals surface area contributed by atoms with E-state index in [1.165, 1.54) is 0 Å². The molecule has 6 nitrogen and oxygen atoms in total. The monoisotopic (exact) mass is 310 g/mol. The summed E-state index contributed by atoms with van der Waals surface area (Å²) in [5, 5.41) is 0. The van der Waals surface area contributed by atoms with Crippen molar-refractivity contribution in [1.82, 2.24) is 0 Å². The Morgan fingerprint density at radius 2 is 1.13 bits per heavy atom. The van der Waals surface area contributed by atoms with Crippen LogP contribution >= 0.6 is 15.2 Å². The maximum absolute atomic E-state index is 10.0. The molecule has 9 heteroatoms. The third kappa shape index (κ3) is 31.3. The predicted octanol–water partition coefficient (Wildman–Crippen LogP) is 0.410. The van der Waals surface area contributed by atoms with E-state index in [1.807, 2.05) is 0 Å². The van der Waals surface area contributed by atoms with Gasteiger partial charge in [0.2, 0.25) is 0 Å². The molecular formula is C6H16O6P2Zn. The Hall–Kier alpha value is 0.923. The van der Waals surface area contributed by atoms with Crippen LogP contribution in [-0.4, -0.2) is 26.5 Å². The van der Waals surface area contributed by atoms with Gasteiger partial charge in [-0.25, -0.2) is 0 Å². The van der Waals surface area contributed by atoms with Crippen LogP contribution in [0.25, 0.3) is 0 Å². The first-order chi connectivity index (χ1) is 6.12. The van der Waals surface area contributed by atoms with E-state index in [2.05, 4.69) is 9.05 Å². The zero-order valence-corrected chi connectivity index (χ0v) is 14.2. The van der Waals surface area contributed by atoms with E-state index >= 15 is 0 Å². The number of hydrogen-bond acceptors (Lipinski definition) is 6. The molecule has 0 bridgehead atoms. The molecule has 0 aliphatic carbocycles. The van der Waals surface area contributed by atoms with E-state index in [0.717, 1.165) is 13.3 Å². The first kappa shape index (κ1) is 21.2. The molecule has 0 N–H and O–H groups in total. The summed E-state index contributed by atoms with van der Waals surface area (Å²) in [6, 6.07) is 0. The van der Waals surface area contributed by atoms with E-state index in [0.29, 0.717) is 0 Å². The van der Waals surface area contributed by atoms with Crippen molar-refractivity contribution in [1.29, 1.82) is 0 Å². The van der Waals surface area contributed by atoms with Crippen molar-refractivity contribution in [3.05, 3.63) is 0 Å². The van der Waals surface area contributed by atoms with Crippen molar-refractivity contribution < 1.29 is 47.4 Å². The van der Waals surface area contributed by atoms with Crippen LogP contribution in [0.1, 0.15) is 13.8 Å². The Labute approximate surface area is 103 Å². The number of rotatable bonds is 4. The summed E-state index contributed by atoms with van der Waals surface area (Å²) < 4.78 is 28.5. The van der Waals surface area contributed by atoms with Crippen molar-refractivity contribution in [3.63, 3.8) is 0 Å². The van der Waals surface area contributed by atoms with Gasteiger partial charge < -0.3 is 28.0 Å². The predicted molar refractivity (Wildman–Crippen MR) is 50.3 cm³/mol. The van der Waals surface area contributed by atoms with Gasteiger partial charge in [0.05, 0.1) is 13.2 Å². The fraction of sp³-hybridized carbons (Fsp3) is 1.00. The molecule has 0 saturated carbocycles. The van der Waals surface area contributed by atoms with Gasteiger partial charge in [0, 0.05) is 13.3 Å². The smallest absolute Gasteiger partial charge is 0.779 e. The van der Waals surface area contributed by atoms with Gasteiger partial charge in [-0.3, -0.25) is 0 Å². The van der Waals surface area contributed by atoms with Crippen LogP contribution in [-0.2, 0) is 37.7 Å². The third-order valence-electron chi connectivity index (χ3n) is 0.727. The standard InChI is InChI=1S/2C3H9O3P.Zn/c2*1-3-6-7(2,4)5;/h2*3H2,1-2H3,(H,4,5);/q;;+2/p-2. The van der Waals surface area contributed by atoms with Crippen molar-refractivity contribution in [2.45, 2.75) is 13.8 Å². The Morgan fingerprint density at radius 1 is 0.933 bits per heavy atom. The molecule has 0 fully saturated rings. The number of hydrogen-bond donors (Lipinski definition) is 0. The maximum atomic E-state index is 10.0. The minimum atomic E-state index is -3.42. The molecule has 2 unspecified atom stereocenters. The molecule has 0 aromatic heterocycles. The maximum Gasteiger partial charge on any atom is 2.00 e. The zero-order valence-electron chi connectivity index (χ0n) is 9.47. The summed E-state index contributed by atoms with van der Waals surface area (Å²) in [4.78, 5) is 20.1. The molecule has 2 atom stereocenters. The Kier molecular flexibility index (Phi) is 14.3. The van der Waals surface area contributed by atoms with Crippen molar-refractivity contribution in [2.75, 3.05) is 26.5 Å². The largest absolute Gasteiger partial charge is 2.00 e. The average Bonchev–Trinajstić information content (AvgIpc) is 1.81. The van der Waals surface area contributed by atoms with Crippen molar-refractivity contribution >= 4 is 15.2 Å². The summed E-state index contributed by atoms with van der Waals surface area (Å²) in [5.74, 6) is 0. The normalized spacial score (nSPS) is 17.5. The molecule has 0 amide bonds. The van der Waals surface area contributed by atoms with Crippen LogP contribution in [0.5, 0.6) is 0 Å². The van der Waals surface area contributed by atoms with Crippen LogP contribution in [0, 0.1) is 0 Å². The summed E-state index contributed by atoms with van der Waals surface area (Å²) in [6.07, 6.45) is 0. The summed E-state index contributed by atoms with van der Waals surface area (Å²) >= 11 is 0. The van der Waals surface area contributed by atoms with Gasteiger partial charge in [-0.2, -0.15) is 0 Å². The van der Waals surface area contributed by atoms with Gasteiger partial charge in [0.15, 0.2) is 0 Å². The minimum absolute atomic E-state index is 0. The summed E-state index contributed by atoms with van der Waals surface area (Å²) in [5.41, 5.74) is 0. The van der Waals surface area contributed by atoms with Crippen LogP contribution < -0.4 is 9.79 Å². The molecule has 88 valence electrons. The van der Waals surface area contributed by atoms with E-state index in [4.69, 9.17) is 0 Å². The van der Waals surface area contributed by atoms with Crippen molar-refractivity contribution in [3.8, 4) is 0 Å². The average molecular weight is 312 g/mol. The van der Waals surface area contributed by atoms with E-state index < -0.39 is 15.2 Å². The van der Waals surface area contributed by atoms with Gasteiger partial charge in [0.25, 0.3) is 0 Å². The molecule has 0 aromatic rings. The molecule has 0 spiro atoms. The topological polar surface area (TPSA) is 98.7 Å². The van der Waals surface area contributed by atoms with E-state index in [1.54, 1.807) is 13.8 Å². The fourth-order valence-corrected chi connectivity index (χ4v) is 1.41. The minimum Gasteiger partial charge on any atom is -0.779 e. The molecule has 0 aromatic carbocycles. The van der Waals surface area contributed by atoms with Gasteiger partial charge >= 0.3 is 19.5 Å². The van der Waals surface area contributed by atoms with Gasteiger partial charge in [-0.15, -0.1) is 0 Å².